The number of hydrogen-bond acceptors (Lipinski definition) is 5. The van der Waals surface area contributed by atoms with E-state index in [2.05, 4.69) is 20.7 Å². The van der Waals surface area contributed by atoms with Gasteiger partial charge in [-0.1, -0.05) is 29.8 Å². The minimum atomic E-state index is -0.616. The van der Waals surface area contributed by atoms with Gasteiger partial charge in [0, 0.05) is 45.1 Å². The van der Waals surface area contributed by atoms with Crippen molar-refractivity contribution in [3.05, 3.63) is 94.9 Å². The largest absolute Gasteiger partial charge is 0.461 e. The van der Waals surface area contributed by atoms with Crippen molar-refractivity contribution in [3.8, 4) is 0 Å². The van der Waals surface area contributed by atoms with Crippen LogP contribution >= 0.6 is 11.6 Å². The molecule has 0 spiro atoms. The number of benzene rings is 2. The highest BCUT2D eigenvalue weighted by Crippen LogP contribution is 2.25. The van der Waals surface area contributed by atoms with Gasteiger partial charge in [-0.15, -0.1) is 0 Å². The molecule has 0 aliphatic rings. The molecule has 4 rings (SSSR count). The third-order valence-electron chi connectivity index (χ3n) is 5.13. The summed E-state index contributed by atoms with van der Waals surface area (Å²) in [5.74, 6) is -1.08. The van der Waals surface area contributed by atoms with Crippen LogP contribution in [0.3, 0.4) is 0 Å². The van der Waals surface area contributed by atoms with Gasteiger partial charge in [-0.25, -0.2) is 14.6 Å². The van der Waals surface area contributed by atoms with E-state index in [1.165, 1.54) is 24.5 Å². The number of para-hydroxylation sites is 1. The summed E-state index contributed by atoms with van der Waals surface area (Å²) in [5, 5.41) is 5.08. The third-order valence-corrected chi connectivity index (χ3v) is 5.38. The summed E-state index contributed by atoms with van der Waals surface area (Å²) < 4.78 is 5.20. The maximum Gasteiger partial charge on any atom is 0.355 e. The second-order valence-corrected chi connectivity index (χ2v) is 7.88. The number of carbonyl (C=O) groups excluding carboxylic acids is 3. The Morgan fingerprint density at radius 3 is 2.46 bits per heavy atom. The first-order chi connectivity index (χ1) is 17.0. The number of nitrogens with zero attached hydrogens (tertiary/aromatic N) is 2. The number of esters is 1. The number of fused-ring (bicyclic) bond motifs is 1. The number of nitrogens with one attached hydrogen (secondary N) is 3. The number of carbonyl (C=O) groups is 3. The first-order valence-corrected chi connectivity index (χ1v) is 11.2. The summed E-state index contributed by atoms with van der Waals surface area (Å²) in [4.78, 5) is 45.8. The van der Waals surface area contributed by atoms with Crippen LogP contribution in [0, 0.1) is 0 Å². The fraction of sp³-hybridized carbons (Fsp3) is 0.120. The molecule has 0 saturated carbocycles. The van der Waals surface area contributed by atoms with Gasteiger partial charge in [0.2, 0.25) is 0 Å². The molecule has 0 fully saturated rings. The first kappa shape index (κ1) is 23.8. The number of hydrazine groups is 1. The lowest BCUT2D eigenvalue weighted by molar-refractivity contribution is 0.0518. The normalized spacial score (nSPS) is 10.6. The van der Waals surface area contributed by atoms with E-state index in [9.17, 15) is 14.4 Å². The molecule has 0 saturated heterocycles. The molecule has 0 atom stereocenters. The highest BCUT2D eigenvalue weighted by atomic mass is 35.5. The van der Waals surface area contributed by atoms with Crippen LogP contribution in [0.15, 0.2) is 73.1 Å². The minimum absolute atomic E-state index is 0.117. The molecule has 3 N–H and O–H groups in total. The molecule has 178 valence electrons. The van der Waals surface area contributed by atoms with Crippen LogP contribution in [0.1, 0.15) is 33.3 Å². The van der Waals surface area contributed by atoms with Crippen LogP contribution in [0.4, 0.5) is 10.5 Å². The van der Waals surface area contributed by atoms with E-state index in [1.807, 2.05) is 24.3 Å². The lowest BCUT2D eigenvalue weighted by Gasteiger charge is -2.24. The van der Waals surface area contributed by atoms with E-state index < -0.39 is 17.9 Å². The van der Waals surface area contributed by atoms with E-state index in [-0.39, 0.29) is 18.8 Å². The number of pyridine rings is 1. The van der Waals surface area contributed by atoms with Crippen molar-refractivity contribution >= 4 is 46.1 Å². The maximum absolute atomic E-state index is 13.3. The maximum atomic E-state index is 13.3. The first-order valence-electron chi connectivity index (χ1n) is 10.8. The zero-order valence-corrected chi connectivity index (χ0v) is 19.5. The van der Waals surface area contributed by atoms with E-state index in [4.69, 9.17) is 16.3 Å². The van der Waals surface area contributed by atoms with Crippen LogP contribution < -0.4 is 10.7 Å². The van der Waals surface area contributed by atoms with E-state index >= 15 is 0 Å². The minimum Gasteiger partial charge on any atom is -0.461 e. The van der Waals surface area contributed by atoms with Crippen LogP contribution in [0.25, 0.3) is 10.9 Å². The van der Waals surface area contributed by atoms with Crippen molar-refractivity contribution < 1.29 is 19.1 Å². The Balaban J connectivity index is 1.69. The number of amides is 3. The van der Waals surface area contributed by atoms with Crippen molar-refractivity contribution in [3.63, 3.8) is 0 Å². The van der Waals surface area contributed by atoms with Crippen LogP contribution in [0.2, 0.25) is 5.02 Å². The van der Waals surface area contributed by atoms with Crippen molar-refractivity contribution in [2.24, 2.45) is 0 Å². The predicted octanol–water partition coefficient (Wildman–Crippen LogP) is 4.77. The molecular formula is C25H22ClN5O4. The van der Waals surface area contributed by atoms with Gasteiger partial charge in [-0.2, -0.15) is 0 Å². The molecule has 9 nitrogen and oxygen atoms in total. The Kier molecular flexibility index (Phi) is 7.27. The Morgan fingerprint density at radius 1 is 1.03 bits per heavy atom. The predicted molar refractivity (Wildman–Crippen MR) is 132 cm³/mol. The van der Waals surface area contributed by atoms with Crippen molar-refractivity contribution in [2.45, 2.75) is 13.5 Å². The topological polar surface area (TPSA) is 116 Å². The van der Waals surface area contributed by atoms with Gasteiger partial charge in [0.1, 0.15) is 5.69 Å². The van der Waals surface area contributed by atoms with Gasteiger partial charge in [-0.05, 0) is 49.4 Å². The van der Waals surface area contributed by atoms with Crippen molar-refractivity contribution in [1.29, 1.82) is 0 Å². The molecule has 0 aliphatic heterocycles. The molecule has 2 aromatic carbocycles. The van der Waals surface area contributed by atoms with E-state index in [0.717, 1.165) is 10.4 Å². The van der Waals surface area contributed by atoms with Gasteiger partial charge in [-0.3, -0.25) is 15.2 Å². The Labute approximate surface area is 206 Å². The zero-order valence-electron chi connectivity index (χ0n) is 18.7. The van der Waals surface area contributed by atoms with Gasteiger partial charge >= 0.3 is 12.0 Å². The number of rotatable bonds is 6. The SMILES string of the molecule is CCOC(=O)c1[nH]c2ccccc2c1CN(NC(=O)c1ccncc1)C(=O)Nc1ccc(Cl)cc1. The average molecular weight is 492 g/mol. The van der Waals surface area contributed by atoms with Crippen LogP contribution in [-0.2, 0) is 11.3 Å². The third kappa shape index (κ3) is 5.59. The average Bonchev–Trinajstić information content (AvgIpc) is 3.24. The summed E-state index contributed by atoms with van der Waals surface area (Å²) in [5.41, 5.74) is 4.82. The van der Waals surface area contributed by atoms with Gasteiger partial charge < -0.3 is 15.0 Å². The number of urea groups is 1. The number of hydrogen-bond donors (Lipinski definition) is 3. The fourth-order valence-corrected chi connectivity index (χ4v) is 3.60. The lowest BCUT2D eigenvalue weighted by Crippen LogP contribution is -2.47. The van der Waals surface area contributed by atoms with Gasteiger partial charge in [0.25, 0.3) is 5.91 Å². The quantitative estimate of drug-likeness (QED) is 0.265. The molecule has 0 bridgehead atoms. The smallest absolute Gasteiger partial charge is 0.355 e. The van der Waals surface area contributed by atoms with Crippen molar-refractivity contribution in [1.82, 2.24) is 20.4 Å². The monoisotopic (exact) mass is 491 g/mol. The molecule has 2 aromatic heterocycles. The Bertz CT molecular complexity index is 1360. The molecule has 0 radical (unpaired) electrons. The Hall–Kier alpha value is -4.37. The number of aromatic amines is 1. The summed E-state index contributed by atoms with van der Waals surface area (Å²) in [6.45, 7) is 1.78. The number of halogens is 1. The summed E-state index contributed by atoms with van der Waals surface area (Å²) in [6.07, 6.45) is 2.96. The highest BCUT2D eigenvalue weighted by molar-refractivity contribution is 6.30. The number of anilines is 1. The van der Waals surface area contributed by atoms with E-state index in [1.54, 1.807) is 31.2 Å². The molecule has 4 aromatic rings. The lowest BCUT2D eigenvalue weighted by atomic mass is 10.1. The summed E-state index contributed by atoms with van der Waals surface area (Å²) in [6, 6.07) is 16.3. The number of H-pyrrole nitrogens is 1. The fourth-order valence-electron chi connectivity index (χ4n) is 3.48. The molecule has 10 heteroatoms. The molecular weight excluding hydrogens is 470 g/mol. The van der Waals surface area contributed by atoms with E-state index in [0.29, 0.717) is 27.4 Å². The summed E-state index contributed by atoms with van der Waals surface area (Å²) >= 11 is 5.94. The molecule has 3 amide bonds. The molecule has 0 unspecified atom stereocenters. The zero-order chi connectivity index (χ0) is 24.8. The van der Waals surface area contributed by atoms with Crippen LogP contribution in [-0.4, -0.2) is 39.5 Å². The highest BCUT2D eigenvalue weighted by Gasteiger charge is 2.25. The molecule has 35 heavy (non-hydrogen) atoms. The Morgan fingerprint density at radius 2 is 1.74 bits per heavy atom. The van der Waals surface area contributed by atoms with Gasteiger partial charge in [0.15, 0.2) is 0 Å². The molecule has 2 heterocycles. The number of ether oxygens (including phenoxy) is 1. The second-order valence-electron chi connectivity index (χ2n) is 7.44. The summed E-state index contributed by atoms with van der Waals surface area (Å²) in [7, 11) is 0. The van der Waals surface area contributed by atoms with Crippen molar-refractivity contribution in [2.75, 3.05) is 11.9 Å². The standard InChI is InChI=1S/C25H22ClN5O4/c1-2-35-24(33)22-20(19-5-3-4-6-21(19)29-22)15-31(30-23(32)16-11-13-27-14-12-16)25(34)28-18-9-7-17(26)8-10-18/h3-14,29H,2,15H2,1H3,(H,28,34)(H,30,32). The van der Waals surface area contributed by atoms with Crippen LogP contribution in [0.5, 0.6) is 0 Å². The number of aromatic nitrogens is 2. The van der Waals surface area contributed by atoms with Gasteiger partial charge in [0.05, 0.1) is 13.2 Å². The molecule has 0 aliphatic carbocycles. The second kappa shape index (κ2) is 10.7.